The highest BCUT2D eigenvalue weighted by molar-refractivity contribution is 6.29. The van der Waals surface area contributed by atoms with Gasteiger partial charge in [-0.25, -0.2) is 4.98 Å². The fraction of sp³-hybridized carbons (Fsp3) is 0.400. The molecule has 0 aliphatic carbocycles. The van der Waals surface area contributed by atoms with E-state index in [1.807, 2.05) is 18.3 Å². The number of pyridine rings is 1. The molecule has 0 amide bonds. The van der Waals surface area contributed by atoms with Gasteiger partial charge >= 0.3 is 0 Å². The van der Waals surface area contributed by atoms with Crippen LogP contribution in [0.5, 0.6) is 0 Å². The van der Waals surface area contributed by atoms with E-state index >= 15 is 0 Å². The smallest absolute Gasteiger partial charge is 0.129 e. The average Bonchev–Trinajstić information content (AvgIpc) is 2.09. The summed E-state index contributed by atoms with van der Waals surface area (Å²) in [7, 11) is 0. The van der Waals surface area contributed by atoms with Gasteiger partial charge in [0.25, 0.3) is 0 Å². The Bertz CT molecular complexity index is 218. The lowest BCUT2D eigenvalue weighted by atomic mass is 10.1. The molecule has 0 spiro atoms. The lowest BCUT2D eigenvalue weighted by molar-refractivity contribution is 0.744. The van der Waals surface area contributed by atoms with Gasteiger partial charge in [0.1, 0.15) is 5.15 Å². The zero-order chi connectivity index (χ0) is 8.81. The van der Waals surface area contributed by atoms with Gasteiger partial charge in [-0.2, -0.15) is 0 Å². The van der Waals surface area contributed by atoms with Crippen LogP contribution in [0.3, 0.4) is 0 Å². The molecule has 65 valence electrons. The molecule has 0 N–H and O–H groups in total. The van der Waals surface area contributed by atoms with Gasteiger partial charge in [-0.3, -0.25) is 0 Å². The molecule has 2 heteroatoms. The normalized spacial score (nSPS) is 10.2. The van der Waals surface area contributed by atoms with Crippen molar-refractivity contribution in [3.63, 3.8) is 0 Å². The fourth-order valence-corrected chi connectivity index (χ4v) is 1.17. The summed E-state index contributed by atoms with van der Waals surface area (Å²) in [5.41, 5.74) is 1.26. The molecule has 0 bridgehead atoms. The molecule has 0 saturated carbocycles. The van der Waals surface area contributed by atoms with Crippen molar-refractivity contribution in [1.29, 1.82) is 0 Å². The molecule has 0 atom stereocenters. The highest BCUT2D eigenvalue weighted by atomic mass is 35.5. The van der Waals surface area contributed by atoms with Crippen molar-refractivity contribution in [3.05, 3.63) is 36.0 Å². The Labute approximate surface area is 78.8 Å². The van der Waals surface area contributed by atoms with Crippen LogP contribution in [0.25, 0.3) is 0 Å². The van der Waals surface area contributed by atoms with Crippen LogP contribution in [-0.2, 0) is 6.42 Å². The number of hydrogen-bond acceptors (Lipinski definition) is 1. The van der Waals surface area contributed by atoms with Crippen LogP contribution in [0.15, 0.2) is 18.3 Å². The van der Waals surface area contributed by atoms with Gasteiger partial charge in [-0.05, 0) is 24.5 Å². The summed E-state index contributed by atoms with van der Waals surface area (Å²) in [5, 5.41) is 0.566. The summed E-state index contributed by atoms with van der Waals surface area (Å²) >= 11 is 5.65. The van der Waals surface area contributed by atoms with Crippen molar-refractivity contribution in [2.45, 2.75) is 25.7 Å². The maximum Gasteiger partial charge on any atom is 0.129 e. The van der Waals surface area contributed by atoms with Crippen LogP contribution < -0.4 is 0 Å². The van der Waals surface area contributed by atoms with Crippen molar-refractivity contribution in [2.24, 2.45) is 0 Å². The number of aromatic nitrogens is 1. The van der Waals surface area contributed by atoms with Gasteiger partial charge in [0.2, 0.25) is 0 Å². The summed E-state index contributed by atoms with van der Waals surface area (Å²) in [6.07, 6.45) is 6.31. The Morgan fingerprint density at radius 3 is 2.75 bits per heavy atom. The third kappa shape index (κ3) is 3.22. The average molecular weight is 183 g/mol. The van der Waals surface area contributed by atoms with E-state index in [1.165, 1.54) is 18.4 Å². The molecule has 0 aromatic carbocycles. The van der Waals surface area contributed by atoms with Crippen molar-refractivity contribution >= 4 is 11.6 Å². The molecule has 12 heavy (non-hydrogen) atoms. The first-order valence-electron chi connectivity index (χ1n) is 4.22. The van der Waals surface area contributed by atoms with E-state index in [-0.39, 0.29) is 0 Å². The summed E-state index contributed by atoms with van der Waals surface area (Å²) < 4.78 is 0. The highest BCUT2D eigenvalue weighted by Crippen LogP contribution is 2.08. The molecule has 1 heterocycles. The Kier molecular flexibility index (Phi) is 4.09. The van der Waals surface area contributed by atoms with E-state index in [9.17, 15) is 0 Å². The number of rotatable bonds is 4. The van der Waals surface area contributed by atoms with E-state index in [2.05, 4.69) is 11.9 Å². The SMILES string of the molecule is [CH2]CCCCc1ccc(Cl)nc1. The summed E-state index contributed by atoms with van der Waals surface area (Å²) in [6, 6.07) is 3.86. The molecule has 1 radical (unpaired) electrons. The first-order chi connectivity index (χ1) is 5.83. The third-order valence-electron chi connectivity index (χ3n) is 1.75. The third-order valence-corrected chi connectivity index (χ3v) is 1.98. The molecule has 0 aliphatic heterocycles. The van der Waals surface area contributed by atoms with Gasteiger partial charge in [0, 0.05) is 6.20 Å². The molecule has 0 unspecified atom stereocenters. The van der Waals surface area contributed by atoms with E-state index in [0.29, 0.717) is 5.15 Å². The zero-order valence-electron chi connectivity index (χ0n) is 7.09. The monoisotopic (exact) mass is 182 g/mol. The predicted molar refractivity (Wildman–Crippen MR) is 52.2 cm³/mol. The van der Waals surface area contributed by atoms with Gasteiger partial charge in [0.15, 0.2) is 0 Å². The number of unbranched alkanes of at least 4 members (excludes halogenated alkanes) is 2. The quantitative estimate of drug-likeness (QED) is 0.515. The lowest BCUT2D eigenvalue weighted by Crippen LogP contribution is -1.86. The summed E-state index contributed by atoms with van der Waals surface area (Å²) in [5.74, 6) is 0. The molecule has 1 aromatic rings. The Hall–Kier alpha value is -0.560. The highest BCUT2D eigenvalue weighted by Gasteiger charge is 1.93. The first kappa shape index (κ1) is 9.53. The minimum absolute atomic E-state index is 0.566. The van der Waals surface area contributed by atoms with Gasteiger partial charge in [0.05, 0.1) is 0 Å². The molecule has 1 rings (SSSR count). The van der Waals surface area contributed by atoms with Gasteiger partial charge in [-0.15, -0.1) is 0 Å². The van der Waals surface area contributed by atoms with Crippen molar-refractivity contribution < 1.29 is 0 Å². The Morgan fingerprint density at radius 2 is 2.17 bits per heavy atom. The standard InChI is InChI=1S/C10H13ClN/c1-2-3-4-5-9-6-7-10(11)12-8-9/h6-8H,1-5H2. The molecule has 1 aromatic heterocycles. The summed E-state index contributed by atoms with van der Waals surface area (Å²) in [4.78, 5) is 4.01. The molecular formula is C10H13ClN. The van der Waals surface area contributed by atoms with E-state index in [4.69, 9.17) is 11.6 Å². The van der Waals surface area contributed by atoms with Crippen LogP contribution in [0.4, 0.5) is 0 Å². The maximum absolute atomic E-state index is 5.65. The summed E-state index contributed by atoms with van der Waals surface area (Å²) in [6.45, 7) is 3.79. The second kappa shape index (κ2) is 5.15. The van der Waals surface area contributed by atoms with Gasteiger partial charge in [-0.1, -0.05) is 37.4 Å². The van der Waals surface area contributed by atoms with E-state index < -0.39 is 0 Å². The van der Waals surface area contributed by atoms with Crippen LogP contribution in [0.2, 0.25) is 5.15 Å². The number of hydrogen-bond donors (Lipinski definition) is 0. The molecule has 0 aliphatic rings. The number of nitrogens with zero attached hydrogens (tertiary/aromatic N) is 1. The van der Waals surface area contributed by atoms with Crippen LogP contribution in [-0.4, -0.2) is 4.98 Å². The largest absolute Gasteiger partial charge is 0.244 e. The minimum Gasteiger partial charge on any atom is -0.244 e. The minimum atomic E-state index is 0.566. The molecular weight excluding hydrogens is 170 g/mol. The van der Waals surface area contributed by atoms with Crippen LogP contribution in [0.1, 0.15) is 24.8 Å². The van der Waals surface area contributed by atoms with Crippen LogP contribution >= 0.6 is 11.6 Å². The number of halogens is 1. The van der Waals surface area contributed by atoms with Crippen molar-refractivity contribution in [3.8, 4) is 0 Å². The van der Waals surface area contributed by atoms with Crippen molar-refractivity contribution in [2.75, 3.05) is 0 Å². The van der Waals surface area contributed by atoms with Crippen LogP contribution in [0, 0.1) is 6.92 Å². The fourth-order valence-electron chi connectivity index (χ4n) is 1.06. The molecule has 1 nitrogen and oxygen atoms in total. The lowest BCUT2D eigenvalue weighted by Gasteiger charge is -1.98. The molecule has 0 saturated heterocycles. The number of aryl methyl sites for hydroxylation is 1. The zero-order valence-corrected chi connectivity index (χ0v) is 7.85. The van der Waals surface area contributed by atoms with Crippen molar-refractivity contribution in [1.82, 2.24) is 4.98 Å². The van der Waals surface area contributed by atoms with Gasteiger partial charge < -0.3 is 0 Å². The molecule has 0 fully saturated rings. The second-order valence-corrected chi connectivity index (χ2v) is 3.19. The predicted octanol–water partition coefficient (Wildman–Crippen LogP) is 3.28. The Balaban J connectivity index is 2.37. The topological polar surface area (TPSA) is 12.9 Å². The van der Waals surface area contributed by atoms with E-state index in [1.54, 1.807) is 0 Å². The van der Waals surface area contributed by atoms with E-state index in [0.717, 1.165) is 12.8 Å². The first-order valence-corrected chi connectivity index (χ1v) is 4.60. The maximum atomic E-state index is 5.65. The Morgan fingerprint density at radius 1 is 1.33 bits per heavy atom. The second-order valence-electron chi connectivity index (χ2n) is 2.80.